The van der Waals surface area contributed by atoms with Crippen molar-refractivity contribution in [2.45, 2.75) is 6.92 Å². The largest absolute Gasteiger partial charge is 0.345 e. The van der Waals surface area contributed by atoms with Crippen LogP contribution in [0.5, 0.6) is 0 Å². The minimum atomic E-state index is -0.560. The number of amides is 3. The Hall–Kier alpha value is -3.55. The smallest absolute Gasteiger partial charge is 0.269 e. The Kier molecular flexibility index (Phi) is 4.03. The second kappa shape index (κ2) is 6.07. The summed E-state index contributed by atoms with van der Waals surface area (Å²) in [6.45, 7) is 1.59. The number of hydrogen-bond donors (Lipinski definition) is 0. The Balaban J connectivity index is 2.04. The number of non-ortho nitro benzene ring substituents is 1. The summed E-state index contributed by atoms with van der Waals surface area (Å²) in [6, 6.07) is 8.28. The molecule has 1 aliphatic heterocycles. The van der Waals surface area contributed by atoms with Gasteiger partial charge in [-0.2, -0.15) is 0 Å². The molecule has 3 rings (SSSR count). The molecule has 0 saturated carbocycles. The maximum absolute atomic E-state index is 12.8. The zero-order valence-corrected chi connectivity index (χ0v) is 14.3. The van der Waals surface area contributed by atoms with Crippen LogP contribution >= 0.6 is 0 Å². The topological polar surface area (TPSA) is 101 Å². The van der Waals surface area contributed by atoms with Gasteiger partial charge in [-0.1, -0.05) is 0 Å². The summed E-state index contributed by atoms with van der Waals surface area (Å²) in [5, 5.41) is 10.9. The third-order valence-corrected chi connectivity index (χ3v) is 4.17. The van der Waals surface area contributed by atoms with Crippen molar-refractivity contribution in [1.82, 2.24) is 4.90 Å². The lowest BCUT2D eigenvalue weighted by Gasteiger charge is -2.16. The average molecular weight is 353 g/mol. The molecule has 0 spiro atoms. The highest BCUT2D eigenvalue weighted by Gasteiger charge is 2.38. The highest BCUT2D eigenvalue weighted by Crippen LogP contribution is 2.32. The molecule has 0 bridgehead atoms. The number of nitro groups is 1. The maximum atomic E-state index is 12.8. The molecular formula is C18H15N3O5. The van der Waals surface area contributed by atoms with E-state index in [0.717, 1.165) is 4.90 Å². The van der Waals surface area contributed by atoms with Crippen LogP contribution in [0.25, 0.3) is 0 Å². The van der Waals surface area contributed by atoms with E-state index in [2.05, 4.69) is 0 Å². The number of aryl methyl sites for hydroxylation is 1. The number of anilines is 1. The van der Waals surface area contributed by atoms with Crippen molar-refractivity contribution in [3.8, 4) is 0 Å². The van der Waals surface area contributed by atoms with Crippen molar-refractivity contribution in [1.29, 1.82) is 0 Å². The van der Waals surface area contributed by atoms with Crippen LogP contribution in [0.15, 0.2) is 36.4 Å². The molecule has 8 heteroatoms. The fourth-order valence-electron chi connectivity index (χ4n) is 2.85. The Morgan fingerprint density at radius 1 is 1.04 bits per heavy atom. The van der Waals surface area contributed by atoms with E-state index in [0.29, 0.717) is 11.1 Å². The van der Waals surface area contributed by atoms with Gasteiger partial charge in [0.15, 0.2) is 0 Å². The first-order chi connectivity index (χ1) is 12.2. The van der Waals surface area contributed by atoms with Crippen molar-refractivity contribution in [2.75, 3.05) is 19.0 Å². The quantitative estimate of drug-likeness (QED) is 0.479. The standard InChI is InChI=1S/C18H15N3O5/c1-10-8-12(21(25)26)5-7-15(10)20-17(23)13-6-4-11(16(22)19(2)3)9-14(13)18(20)24/h4-9H,1-3H3. The second-order valence-corrected chi connectivity index (χ2v) is 6.13. The number of nitrogens with zero attached hydrogens (tertiary/aromatic N) is 3. The lowest BCUT2D eigenvalue weighted by atomic mass is 10.1. The van der Waals surface area contributed by atoms with Crippen LogP contribution < -0.4 is 4.90 Å². The number of nitro benzene ring substituents is 1. The third kappa shape index (κ3) is 2.61. The average Bonchev–Trinajstić information content (AvgIpc) is 2.84. The number of carbonyl (C=O) groups is 3. The monoisotopic (exact) mass is 353 g/mol. The van der Waals surface area contributed by atoms with Crippen molar-refractivity contribution in [3.63, 3.8) is 0 Å². The lowest BCUT2D eigenvalue weighted by Crippen LogP contribution is -2.30. The first-order valence-corrected chi connectivity index (χ1v) is 7.72. The molecule has 132 valence electrons. The normalized spacial score (nSPS) is 13.0. The van der Waals surface area contributed by atoms with Crippen molar-refractivity contribution in [2.24, 2.45) is 0 Å². The van der Waals surface area contributed by atoms with E-state index < -0.39 is 16.7 Å². The molecule has 2 aromatic carbocycles. The van der Waals surface area contributed by atoms with Crippen molar-refractivity contribution < 1.29 is 19.3 Å². The SMILES string of the molecule is Cc1cc([N+](=O)[O-])ccc1N1C(=O)c2ccc(C(=O)N(C)C)cc2C1=O. The highest BCUT2D eigenvalue weighted by atomic mass is 16.6. The molecule has 2 aromatic rings. The molecule has 0 radical (unpaired) electrons. The van der Waals surface area contributed by atoms with Crippen LogP contribution in [0.2, 0.25) is 0 Å². The molecule has 1 heterocycles. The van der Waals surface area contributed by atoms with E-state index in [1.807, 2.05) is 0 Å². The predicted octanol–water partition coefficient (Wildman–Crippen LogP) is 2.41. The van der Waals surface area contributed by atoms with Gasteiger partial charge in [0, 0.05) is 31.8 Å². The minimum Gasteiger partial charge on any atom is -0.345 e. The van der Waals surface area contributed by atoms with E-state index in [1.165, 1.54) is 41.3 Å². The molecule has 0 saturated heterocycles. The summed E-state index contributed by atoms with van der Waals surface area (Å²) in [5.74, 6) is -1.36. The van der Waals surface area contributed by atoms with Gasteiger partial charge in [-0.25, -0.2) is 4.90 Å². The molecule has 0 aromatic heterocycles. The van der Waals surface area contributed by atoms with E-state index in [9.17, 15) is 24.5 Å². The van der Waals surface area contributed by atoms with Crippen molar-refractivity contribution >= 4 is 29.1 Å². The number of hydrogen-bond acceptors (Lipinski definition) is 5. The first kappa shape index (κ1) is 17.3. The molecular weight excluding hydrogens is 338 g/mol. The van der Waals surface area contributed by atoms with Gasteiger partial charge in [0.2, 0.25) is 0 Å². The van der Waals surface area contributed by atoms with Crippen LogP contribution in [0.4, 0.5) is 11.4 Å². The van der Waals surface area contributed by atoms with Crippen LogP contribution in [0.1, 0.15) is 36.6 Å². The van der Waals surface area contributed by atoms with Gasteiger partial charge in [0.25, 0.3) is 23.4 Å². The zero-order valence-electron chi connectivity index (χ0n) is 14.3. The summed E-state index contributed by atoms with van der Waals surface area (Å²) in [4.78, 5) is 50.2. The second-order valence-electron chi connectivity index (χ2n) is 6.13. The molecule has 0 unspecified atom stereocenters. The summed E-state index contributed by atoms with van der Waals surface area (Å²) in [7, 11) is 3.18. The maximum Gasteiger partial charge on any atom is 0.269 e. The van der Waals surface area contributed by atoms with Gasteiger partial charge < -0.3 is 4.90 Å². The molecule has 26 heavy (non-hydrogen) atoms. The summed E-state index contributed by atoms with van der Waals surface area (Å²) in [6.07, 6.45) is 0. The number of imide groups is 1. The third-order valence-electron chi connectivity index (χ3n) is 4.17. The Morgan fingerprint density at radius 2 is 1.69 bits per heavy atom. The Morgan fingerprint density at radius 3 is 2.27 bits per heavy atom. The predicted molar refractivity (Wildman–Crippen MR) is 93.4 cm³/mol. The molecule has 0 fully saturated rings. The van der Waals surface area contributed by atoms with E-state index in [4.69, 9.17) is 0 Å². The van der Waals surface area contributed by atoms with E-state index in [1.54, 1.807) is 21.0 Å². The minimum absolute atomic E-state index is 0.123. The van der Waals surface area contributed by atoms with Gasteiger partial charge in [0.05, 0.1) is 21.7 Å². The van der Waals surface area contributed by atoms with Crippen molar-refractivity contribution in [3.05, 3.63) is 68.8 Å². The number of benzene rings is 2. The van der Waals surface area contributed by atoms with E-state index in [-0.39, 0.29) is 28.4 Å². The number of rotatable bonds is 3. The lowest BCUT2D eigenvalue weighted by molar-refractivity contribution is -0.384. The van der Waals surface area contributed by atoms with Crippen LogP contribution in [0.3, 0.4) is 0 Å². The zero-order chi connectivity index (χ0) is 19.2. The van der Waals surface area contributed by atoms with Gasteiger partial charge >= 0.3 is 0 Å². The molecule has 0 atom stereocenters. The Bertz CT molecular complexity index is 981. The highest BCUT2D eigenvalue weighted by molar-refractivity contribution is 6.35. The molecule has 0 aliphatic carbocycles. The van der Waals surface area contributed by atoms with Crippen LogP contribution in [-0.2, 0) is 0 Å². The fourth-order valence-corrected chi connectivity index (χ4v) is 2.85. The van der Waals surface area contributed by atoms with E-state index >= 15 is 0 Å². The summed E-state index contributed by atoms with van der Waals surface area (Å²) in [5.41, 5.74) is 1.22. The van der Waals surface area contributed by atoms with Gasteiger partial charge in [0.1, 0.15) is 0 Å². The van der Waals surface area contributed by atoms with Gasteiger partial charge in [-0.05, 0) is 36.8 Å². The first-order valence-electron chi connectivity index (χ1n) is 7.72. The molecule has 8 nitrogen and oxygen atoms in total. The van der Waals surface area contributed by atoms with Crippen LogP contribution in [-0.4, -0.2) is 41.6 Å². The fraction of sp³-hybridized carbons (Fsp3) is 0.167. The molecule has 3 amide bonds. The summed E-state index contributed by atoms with van der Waals surface area (Å²) < 4.78 is 0. The van der Waals surface area contributed by atoms with Crippen LogP contribution in [0, 0.1) is 17.0 Å². The Labute approximate surface area is 148 Å². The number of carbonyl (C=O) groups excluding carboxylic acids is 3. The summed E-state index contributed by atoms with van der Waals surface area (Å²) >= 11 is 0. The van der Waals surface area contributed by atoms with Gasteiger partial charge in [-0.3, -0.25) is 24.5 Å². The molecule has 1 aliphatic rings. The molecule has 0 N–H and O–H groups in total. The number of fused-ring (bicyclic) bond motifs is 1. The van der Waals surface area contributed by atoms with Gasteiger partial charge in [-0.15, -0.1) is 0 Å².